The molecule has 2 heterocycles. The van der Waals surface area contributed by atoms with Crippen molar-refractivity contribution in [3.05, 3.63) is 83.4 Å². The van der Waals surface area contributed by atoms with E-state index in [9.17, 15) is 14.4 Å². The highest BCUT2D eigenvalue weighted by Gasteiger charge is 2.35. The molecule has 0 fully saturated rings. The Morgan fingerprint density at radius 2 is 1.90 bits per heavy atom. The molecule has 1 aliphatic rings. The molecular formula is C22H20N4O3. The monoisotopic (exact) mass is 388 g/mol. The van der Waals surface area contributed by atoms with Crippen LogP contribution in [0.1, 0.15) is 38.3 Å². The lowest BCUT2D eigenvalue weighted by Crippen LogP contribution is -2.32. The van der Waals surface area contributed by atoms with Gasteiger partial charge in [-0.05, 0) is 36.8 Å². The van der Waals surface area contributed by atoms with E-state index in [0.29, 0.717) is 23.4 Å². The van der Waals surface area contributed by atoms with Gasteiger partial charge in [0.05, 0.1) is 17.5 Å². The number of imide groups is 1. The second kappa shape index (κ2) is 7.71. The molecular weight excluding hydrogens is 368 g/mol. The van der Waals surface area contributed by atoms with E-state index >= 15 is 0 Å². The first-order valence-electron chi connectivity index (χ1n) is 9.32. The molecule has 7 nitrogen and oxygen atoms in total. The van der Waals surface area contributed by atoms with Crippen molar-refractivity contribution in [1.82, 2.24) is 14.5 Å². The number of hydrogen-bond donors (Lipinski definition) is 1. The quantitative estimate of drug-likeness (QED) is 0.658. The number of fused-ring (bicyclic) bond motifs is 1. The molecule has 1 aromatic heterocycles. The fourth-order valence-corrected chi connectivity index (χ4v) is 3.38. The summed E-state index contributed by atoms with van der Waals surface area (Å²) in [5, 5.41) is 2.83. The molecule has 0 saturated heterocycles. The smallest absolute Gasteiger partial charge is 0.261 e. The zero-order valence-corrected chi connectivity index (χ0v) is 16.0. The van der Waals surface area contributed by atoms with Crippen LogP contribution < -0.4 is 5.32 Å². The van der Waals surface area contributed by atoms with E-state index in [0.717, 1.165) is 16.0 Å². The van der Waals surface area contributed by atoms with Gasteiger partial charge >= 0.3 is 0 Å². The number of carbonyl (C=O) groups excluding carboxylic acids is 3. The second-order valence-electron chi connectivity index (χ2n) is 7.04. The van der Waals surface area contributed by atoms with Crippen molar-refractivity contribution in [2.45, 2.75) is 19.9 Å². The summed E-state index contributed by atoms with van der Waals surface area (Å²) in [5.41, 5.74) is 3.41. The zero-order chi connectivity index (χ0) is 20.4. The normalized spacial score (nSPS) is 12.9. The molecule has 3 aromatic rings. The Kier molecular flexibility index (Phi) is 4.95. The highest BCUT2D eigenvalue weighted by molar-refractivity contribution is 6.21. The van der Waals surface area contributed by atoms with E-state index < -0.39 is 0 Å². The topological polar surface area (TPSA) is 84.3 Å². The number of benzene rings is 2. The van der Waals surface area contributed by atoms with Crippen LogP contribution in [0.15, 0.2) is 61.2 Å². The molecule has 0 radical (unpaired) electrons. The van der Waals surface area contributed by atoms with Gasteiger partial charge in [-0.25, -0.2) is 4.98 Å². The Balaban J connectivity index is 1.36. The Labute approximate surface area is 168 Å². The van der Waals surface area contributed by atoms with E-state index in [1.54, 1.807) is 36.8 Å². The van der Waals surface area contributed by atoms with Crippen molar-refractivity contribution in [2.75, 3.05) is 11.9 Å². The van der Waals surface area contributed by atoms with Crippen LogP contribution in [0, 0.1) is 6.92 Å². The first kappa shape index (κ1) is 18.6. The summed E-state index contributed by atoms with van der Waals surface area (Å²) in [6.45, 7) is 2.57. The largest absolute Gasteiger partial charge is 0.333 e. The molecule has 1 aliphatic heterocycles. The number of nitrogens with zero attached hydrogens (tertiary/aromatic N) is 3. The van der Waals surface area contributed by atoms with Crippen molar-refractivity contribution in [2.24, 2.45) is 0 Å². The first-order chi connectivity index (χ1) is 14.0. The summed E-state index contributed by atoms with van der Waals surface area (Å²) >= 11 is 0. The molecule has 0 aliphatic carbocycles. The predicted octanol–water partition coefficient (Wildman–Crippen LogP) is 2.86. The molecule has 3 amide bonds. The third kappa shape index (κ3) is 3.94. The summed E-state index contributed by atoms with van der Waals surface area (Å²) in [5.74, 6) is -0.943. The summed E-state index contributed by atoms with van der Waals surface area (Å²) in [6.07, 6.45) is 5.35. The average Bonchev–Trinajstić information content (AvgIpc) is 3.28. The summed E-state index contributed by atoms with van der Waals surface area (Å²) in [7, 11) is 0. The number of amides is 3. The number of hydrogen-bond acceptors (Lipinski definition) is 4. The molecule has 0 atom stereocenters. The Morgan fingerprint density at radius 1 is 1.07 bits per heavy atom. The Morgan fingerprint density at radius 3 is 2.69 bits per heavy atom. The minimum absolute atomic E-state index is 0.0379. The van der Waals surface area contributed by atoms with Crippen LogP contribution in [0.2, 0.25) is 0 Å². The van der Waals surface area contributed by atoms with Gasteiger partial charge in [-0.15, -0.1) is 0 Å². The van der Waals surface area contributed by atoms with Crippen LogP contribution in [-0.4, -0.2) is 38.7 Å². The van der Waals surface area contributed by atoms with E-state index in [1.807, 2.05) is 35.9 Å². The van der Waals surface area contributed by atoms with Gasteiger partial charge < -0.3 is 9.88 Å². The van der Waals surface area contributed by atoms with Crippen molar-refractivity contribution < 1.29 is 14.4 Å². The van der Waals surface area contributed by atoms with E-state index in [1.165, 1.54) is 0 Å². The van der Waals surface area contributed by atoms with Crippen LogP contribution in [0.4, 0.5) is 5.69 Å². The van der Waals surface area contributed by atoms with Gasteiger partial charge in [0.2, 0.25) is 5.91 Å². The number of aromatic nitrogens is 2. The van der Waals surface area contributed by atoms with Gasteiger partial charge in [0.15, 0.2) is 0 Å². The van der Waals surface area contributed by atoms with E-state index in [4.69, 9.17) is 0 Å². The van der Waals surface area contributed by atoms with Gasteiger partial charge in [0.25, 0.3) is 11.8 Å². The number of nitrogens with one attached hydrogen (secondary N) is 1. The molecule has 0 spiro atoms. The number of anilines is 1. The highest BCUT2D eigenvalue weighted by Crippen LogP contribution is 2.24. The van der Waals surface area contributed by atoms with Crippen LogP contribution in [0.5, 0.6) is 0 Å². The Hall–Kier alpha value is -3.74. The maximum atomic E-state index is 12.5. The summed E-state index contributed by atoms with van der Waals surface area (Å²) in [6, 6.07) is 12.7. The second-order valence-corrected chi connectivity index (χ2v) is 7.04. The Bertz CT molecular complexity index is 1090. The minimum Gasteiger partial charge on any atom is -0.333 e. The number of rotatable bonds is 6. The van der Waals surface area contributed by atoms with Crippen LogP contribution in [-0.2, 0) is 11.3 Å². The standard InChI is InChI=1S/C22H20N4O3/c1-15-5-6-18-19(11-15)22(29)26(21(18)28)9-7-20(27)24-17-4-2-3-16(12-17)13-25-10-8-23-14-25/h2-6,8,10-12,14H,7,9,13H2,1H3,(H,24,27). The maximum absolute atomic E-state index is 12.5. The van der Waals surface area contributed by atoms with Crippen molar-refractivity contribution in [3.63, 3.8) is 0 Å². The lowest BCUT2D eigenvalue weighted by atomic mass is 10.1. The molecule has 4 rings (SSSR count). The lowest BCUT2D eigenvalue weighted by Gasteiger charge is -2.14. The highest BCUT2D eigenvalue weighted by atomic mass is 16.2. The summed E-state index contributed by atoms with van der Waals surface area (Å²) in [4.78, 5) is 42.5. The van der Waals surface area contributed by atoms with Crippen LogP contribution in [0.25, 0.3) is 0 Å². The molecule has 2 aromatic carbocycles. The fraction of sp³-hybridized carbons (Fsp3) is 0.182. The number of aryl methyl sites for hydroxylation is 1. The minimum atomic E-state index is -0.347. The number of imidazole rings is 1. The predicted molar refractivity (Wildman–Crippen MR) is 108 cm³/mol. The van der Waals surface area contributed by atoms with Crippen LogP contribution in [0.3, 0.4) is 0 Å². The lowest BCUT2D eigenvalue weighted by molar-refractivity contribution is -0.116. The maximum Gasteiger partial charge on any atom is 0.261 e. The van der Waals surface area contributed by atoms with Crippen LogP contribution >= 0.6 is 0 Å². The van der Waals surface area contributed by atoms with E-state index in [2.05, 4.69) is 10.3 Å². The van der Waals surface area contributed by atoms with Crippen molar-refractivity contribution in [1.29, 1.82) is 0 Å². The van der Waals surface area contributed by atoms with Gasteiger partial charge in [-0.3, -0.25) is 19.3 Å². The third-order valence-corrected chi connectivity index (χ3v) is 4.82. The van der Waals surface area contributed by atoms with Gasteiger partial charge in [0, 0.05) is 37.6 Å². The zero-order valence-electron chi connectivity index (χ0n) is 16.0. The molecule has 1 N–H and O–H groups in total. The molecule has 146 valence electrons. The van der Waals surface area contributed by atoms with Crippen molar-refractivity contribution in [3.8, 4) is 0 Å². The van der Waals surface area contributed by atoms with Crippen molar-refractivity contribution >= 4 is 23.4 Å². The van der Waals surface area contributed by atoms with Gasteiger partial charge in [-0.2, -0.15) is 0 Å². The molecule has 7 heteroatoms. The summed E-state index contributed by atoms with van der Waals surface area (Å²) < 4.78 is 1.94. The molecule has 0 unspecified atom stereocenters. The SMILES string of the molecule is Cc1ccc2c(c1)C(=O)N(CCC(=O)Nc1cccc(Cn3ccnc3)c1)C2=O. The first-order valence-corrected chi connectivity index (χ1v) is 9.32. The number of carbonyl (C=O) groups is 3. The molecule has 29 heavy (non-hydrogen) atoms. The third-order valence-electron chi connectivity index (χ3n) is 4.82. The average molecular weight is 388 g/mol. The van der Waals surface area contributed by atoms with Gasteiger partial charge in [-0.1, -0.05) is 23.8 Å². The van der Waals surface area contributed by atoms with Gasteiger partial charge in [0.1, 0.15) is 0 Å². The fourth-order valence-electron chi connectivity index (χ4n) is 3.38. The van der Waals surface area contributed by atoms with E-state index in [-0.39, 0.29) is 30.7 Å². The molecule has 0 saturated carbocycles. The molecule has 0 bridgehead atoms.